The fourth-order valence-electron chi connectivity index (χ4n) is 2.82. The zero-order chi connectivity index (χ0) is 15.9. The van der Waals surface area contributed by atoms with Gasteiger partial charge in [-0.05, 0) is 32.0 Å². The van der Waals surface area contributed by atoms with Gasteiger partial charge < -0.3 is 15.8 Å². The van der Waals surface area contributed by atoms with E-state index in [1.54, 1.807) is 6.07 Å². The molecule has 5 nitrogen and oxygen atoms in total. The van der Waals surface area contributed by atoms with Crippen LogP contribution in [-0.2, 0) is 4.79 Å². The Morgan fingerprint density at radius 1 is 1.41 bits per heavy atom. The highest BCUT2D eigenvalue weighted by molar-refractivity contribution is 6.32. The summed E-state index contributed by atoms with van der Waals surface area (Å²) in [6, 6.07) is 8.00. The molecule has 0 unspecified atom stereocenters. The molecule has 3 N–H and O–H groups in total. The van der Waals surface area contributed by atoms with Crippen LogP contribution < -0.4 is 15.8 Å². The van der Waals surface area contributed by atoms with Gasteiger partial charge in [-0.25, -0.2) is 0 Å². The Labute approximate surface area is 136 Å². The predicted octanol–water partition coefficient (Wildman–Crippen LogP) is 1.65. The summed E-state index contributed by atoms with van der Waals surface area (Å²) in [5.41, 5.74) is 5.71. The zero-order valence-electron chi connectivity index (χ0n) is 12.9. The number of nitrogens with one attached hydrogen (secondary N) is 1. The number of ether oxygens (including phenoxy) is 1. The van der Waals surface area contributed by atoms with Crippen LogP contribution in [0, 0.1) is 0 Å². The van der Waals surface area contributed by atoms with Gasteiger partial charge in [-0.15, -0.1) is 0 Å². The summed E-state index contributed by atoms with van der Waals surface area (Å²) >= 11 is 5.99. The molecule has 1 aliphatic heterocycles. The second-order valence-electron chi connectivity index (χ2n) is 5.62. The Balaban J connectivity index is 1.65. The van der Waals surface area contributed by atoms with Gasteiger partial charge in [0.25, 0.3) is 0 Å². The lowest BCUT2D eigenvalue weighted by Gasteiger charge is -2.24. The smallest absolute Gasteiger partial charge is 0.221 e. The van der Waals surface area contributed by atoms with Gasteiger partial charge in [-0.3, -0.25) is 9.69 Å². The van der Waals surface area contributed by atoms with Crippen molar-refractivity contribution in [3.8, 4) is 5.75 Å². The second-order valence-corrected chi connectivity index (χ2v) is 6.03. The lowest BCUT2D eigenvalue weighted by atomic mass is 10.1. The van der Waals surface area contributed by atoms with Crippen molar-refractivity contribution in [1.82, 2.24) is 10.2 Å². The molecule has 1 aromatic rings. The maximum absolute atomic E-state index is 12.0. The molecule has 22 heavy (non-hydrogen) atoms. The maximum Gasteiger partial charge on any atom is 0.221 e. The third-order valence-electron chi connectivity index (χ3n) is 4.20. The number of nitrogens with zero attached hydrogens (tertiary/aromatic N) is 1. The van der Waals surface area contributed by atoms with Gasteiger partial charge in [0.15, 0.2) is 0 Å². The minimum absolute atomic E-state index is 0.0530. The van der Waals surface area contributed by atoms with Crippen LogP contribution in [0.4, 0.5) is 0 Å². The number of halogens is 1. The van der Waals surface area contributed by atoms with Crippen molar-refractivity contribution in [3.05, 3.63) is 29.3 Å². The summed E-state index contributed by atoms with van der Waals surface area (Å²) in [5.74, 6) is 0.692. The summed E-state index contributed by atoms with van der Waals surface area (Å²) < 4.78 is 5.54. The Kier molecular flexibility index (Phi) is 6.49. The summed E-state index contributed by atoms with van der Waals surface area (Å²) in [6.07, 6.45) is 2.61. The third-order valence-corrected chi connectivity index (χ3v) is 4.51. The number of amides is 1. The molecule has 0 aromatic heterocycles. The van der Waals surface area contributed by atoms with Gasteiger partial charge in [-0.1, -0.05) is 23.7 Å². The Morgan fingerprint density at radius 3 is 2.82 bits per heavy atom. The summed E-state index contributed by atoms with van der Waals surface area (Å²) in [6.45, 7) is 1.53. The quantitative estimate of drug-likeness (QED) is 0.748. The Bertz CT molecular complexity index is 498. The van der Waals surface area contributed by atoms with Crippen molar-refractivity contribution in [1.29, 1.82) is 0 Å². The first-order valence-corrected chi connectivity index (χ1v) is 8.05. The van der Waals surface area contributed by atoms with E-state index in [4.69, 9.17) is 22.1 Å². The van der Waals surface area contributed by atoms with Crippen LogP contribution in [-0.4, -0.2) is 49.6 Å². The molecule has 122 valence electrons. The van der Waals surface area contributed by atoms with Crippen molar-refractivity contribution < 1.29 is 9.53 Å². The van der Waals surface area contributed by atoms with E-state index in [9.17, 15) is 4.79 Å². The molecule has 0 aliphatic carbocycles. The number of carbonyl (C=O) groups excluding carboxylic acids is 1. The number of likely N-dealkylation sites (tertiary alicyclic amines) is 1. The molecule has 1 aliphatic rings. The molecule has 1 saturated heterocycles. The lowest BCUT2D eigenvalue weighted by molar-refractivity contribution is -0.122. The number of carbonyl (C=O) groups is 1. The SMILES string of the molecule is CN1[C@@H](CN)CC[C@H]1CC(=O)NCCOc1ccccc1Cl. The molecule has 1 aromatic carbocycles. The highest BCUT2D eigenvalue weighted by Gasteiger charge is 2.30. The van der Waals surface area contributed by atoms with Gasteiger partial charge in [0.1, 0.15) is 12.4 Å². The van der Waals surface area contributed by atoms with E-state index in [0.717, 1.165) is 12.8 Å². The molecule has 1 amide bonds. The van der Waals surface area contributed by atoms with Crippen LogP contribution in [0.1, 0.15) is 19.3 Å². The first-order chi connectivity index (χ1) is 10.6. The monoisotopic (exact) mass is 325 g/mol. The number of para-hydroxylation sites is 1. The topological polar surface area (TPSA) is 67.6 Å². The van der Waals surface area contributed by atoms with Crippen molar-refractivity contribution in [2.45, 2.75) is 31.3 Å². The highest BCUT2D eigenvalue weighted by atomic mass is 35.5. The normalized spacial score (nSPS) is 21.8. The molecule has 2 rings (SSSR count). The molecule has 1 heterocycles. The van der Waals surface area contributed by atoms with E-state index in [0.29, 0.717) is 42.9 Å². The number of rotatable bonds is 7. The average molecular weight is 326 g/mol. The first-order valence-electron chi connectivity index (χ1n) is 7.68. The van der Waals surface area contributed by atoms with Gasteiger partial charge >= 0.3 is 0 Å². The first kappa shape index (κ1) is 17.1. The number of benzene rings is 1. The largest absolute Gasteiger partial charge is 0.490 e. The van der Waals surface area contributed by atoms with Crippen LogP contribution in [0.25, 0.3) is 0 Å². The van der Waals surface area contributed by atoms with Crippen LogP contribution in [0.5, 0.6) is 5.75 Å². The summed E-state index contributed by atoms with van der Waals surface area (Å²) in [7, 11) is 2.04. The fourth-order valence-corrected chi connectivity index (χ4v) is 3.01. The standard InChI is InChI=1S/C16H24ClN3O2/c1-20-12(6-7-13(20)11-18)10-16(21)19-8-9-22-15-5-3-2-4-14(15)17/h2-5,12-13H,6-11,18H2,1H3,(H,19,21)/t12-,13+/m0/s1. The maximum atomic E-state index is 12.0. The van der Waals surface area contributed by atoms with Crippen molar-refractivity contribution >= 4 is 17.5 Å². The van der Waals surface area contributed by atoms with E-state index in [-0.39, 0.29) is 11.9 Å². The summed E-state index contributed by atoms with van der Waals surface area (Å²) in [5, 5.41) is 3.47. The van der Waals surface area contributed by atoms with E-state index in [2.05, 4.69) is 10.2 Å². The minimum atomic E-state index is 0.0530. The van der Waals surface area contributed by atoms with Crippen molar-refractivity contribution in [2.75, 3.05) is 26.7 Å². The number of hydrogen-bond acceptors (Lipinski definition) is 4. The third kappa shape index (κ3) is 4.60. The number of likely N-dealkylation sites (N-methyl/N-ethyl adjacent to an activating group) is 1. The molecule has 0 spiro atoms. The van der Waals surface area contributed by atoms with E-state index < -0.39 is 0 Å². The summed E-state index contributed by atoms with van der Waals surface area (Å²) in [4.78, 5) is 14.2. The molecule has 0 saturated carbocycles. The molecule has 1 fully saturated rings. The van der Waals surface area contributed by atoms with Crippen LogP contribution in [0.2, 0.25) is 5.02 Å². The lowest BCUT2D eigenvalue weighted by Crippen LogP contribution is -2.40. The van der Waals surface area contributed by atoms with Crippen molar-refractivity contribution in [2.24, 2.45) is 5.73 Å². The minimum Gasteiger partial charge on any atom is -0.490 e. The van der Waals surface area contributed by atoms with Crippen LogP contribution >= 0.6 is 11.6 Å². The number of hydrogen-bond donors (Lipinski definition) is 2. The Morgan fingerprint density at radius 2 is 2.14 bits per heavy atom. The highest BCUT2D eigenvalue weighted by Crippen LogP contribution is 2.24. The van der Waals surface area contributed by atoms with E-state index in [1.807, 2.05) is 25.2 Å². The van der Waals surface area contributed by atoms with Crippen LogP contribution in [0.3, 0.4) is 0 Å². The molecular formula is C16H24ClN3O2. The predicted molar refractivity (Wildman–Crippen MR) is 88.2 cm³/mol. The molecular weight excluding hydrogens is 302 g/mol. The molecule has 2 atom stereocenters. The fraction of sp³-hybridized carbons (Fsp3) is 0.562. The number of nitrogens with two attached hydrogens (primary N) is 1. The molecule has 6 heteroatoms. The van der Waals surface area contributed by atoms with Crippen molar-refractivity contribution in [3.63, 3.8) is 0 Å². The van der Waals surface area contributed by atoms with Gasteiger partial charge in [0.2, 0.25) is 5.91 Å². The van der Waals surface area contributed by atoms with Gasteiger partial charge in [0.05, 0.1) is 11.6 Å². The van der Waals surface area contributed by atoms with Gasteiger partial charge in [0, 0.05) is 25.0 Å². The average Bonchev–Trinajstić information content (AvgIpc) is 2.86. The second kappa shape index (κ2) is 8.36. The molecule has 0 bridgehead atoms. The van der Waals surface area contributed by atoms with Gasteiger partial charge in [-0.2, -0.15) is 0 Å². The van der Waals surface area contributed by atoms with Crippen LogP contribution in [0.15, 0.2) is 24.3 Å². The van der Waals surface area contributed by atoms with E-state index in [1.165, 1.54) is 0 Å². The molecule has 0 radical (unpaired) electrons. The van der Waals surface area contributed by atoms with E-state index >= 15 is 0 Å². The Hall–Kier alpha value is -1.30. The zero-order valence-corrected chi connectivity index (χ0v) is 13.7.